The summed E-state index contributed by atoms with van der Waals surface area (Å²) in [5.74, 6) is 0.286. The molecule has 0 aromatic heterocycles. The molecule has 0 atom stereocenters. The molecule has 1 saturated heterocycles. The molecule has 1 aliphatic heterocycles. The predicted molar refractivity (Wildman–Crippen MR) is 55.8 cm³/mol. The van der Waals surface area contributed by atoms with E-state index in [-0.39, 0.29) is 11.1 Å². The Balaban J connectivity index is 2.02. The first-order chi connectivity index (χ1) is 6.75. The highest BCUT2D eigenvalue weighted by molar-refractivity contribution is 8.18. The molecule has 0 unspecified atom stereocenters. The van der Waals surface area contributed by atoms with Crippen LogP contribution in [0.4, 0.5) is 4.79 Å². The summed E-state index contributed by atoms with van der Waals surface area (Å²) in [6.45, 7) is 0. The Morgan fingerprint density at radius 2 is 1.93 bits per heavy atom. The Hall–Kier alpha value is -0.770. The fourth-order valence-electron chi connectivity index (χ4n) is 1.95. The molecule has 3 nitrogen and oxygen atoms in total. The number of hydrogen-bond donors (Lipinski definition) is 1. The van der Waals surface area contributed by atoms with Gasteiger partial charge in [-0.1, -0.05) is 25.3 Å². The zero-order valence-corrected chi connectivity index (χ0v) is 8.73. The standard InChI is InChI=1S/C10H13NO2S/c12-9-8(14-10(13)11-9)6-7-4-2-1-3-5-7/h6-7H,1-5H2,(H,11,12,13)/b8-6-. The van der Waals surface area contributed by atoms with Gasteiger partial charge in [0.1, 0.15) is 0 Å². The fraction of sp³-hybridized carbons (Fsp3) is 0.600. The summed E-state index contributed by atoms with van der Waals surface area (Å²) in [6.07, 6.45) is 8.09. The summed E-state index contributed by atoms with van der Waals surface area (Å²) in [5, 5.41) is 2.03. The Kier molecular flexibility index (Phi) is 2.91. The largest absolute Gasteiger partial charge is 0.290 e. The first-order valence-corrected chi connectivity index (χ1v) is 5.82. The molecule has 2 amide bonds. The van der Waals surface area contributed by atoms with E-state index in [0.29, 0.717) is 10.8 Å². The lowest BCUT2D eigenvalue weighted by Crippen LogP contribution is -2.18. The molecule has 2 aliphatic rings. The van der Waals surface area contributed by atoms with E-state index in [4.69, 9.17) is 0 Å². The van der Waals surface area contributed by atoms with Gasteiger partial charge in [0.25, 0.3) is 11.1 Å². The minimum absolute atomic E-state index is 0.217. The third kappa shape index (κ3) is 2.18. The average molecular weight is 211 g/mol. The summed E-state index contributed by atoms with van der Waals surface area (Å²) in [5.41, 5.74) is 0. The molecule has 0 bridgehead atoms. The second-order valence-corrected chi connectivity index (χ2v) is 4.79. The lowest BCUT2D eigenvalue weighted by Gasteiger charge is -2.17. The van der Waals surface area contributed by atoms with Gasteiger partial charge in [-0.2, -0.15) is 0 Å². The van der Waals surface area contributed by atoms with Crippen molar-refractivity contribution in [3.05, 3.63) is 11.0 Å². The van der Waals surface area contributed by atoms with E-state index in [0.717, 1.165) is 24.6 Å². The molecule has 14 heavy (non-hydrogen) atoms. The maximum absolute atomic E-state index is 11.2. The van der Waals surface area contributed by atoms with Crippen LogP contribution in [0.3, 0.4) is 0 Å². The molecule has 1 aliphatic carbocycles. The zero-order valence-electron chi connectivity index (χ0n) is 7.91. The highest BCUT2D eigenvalue weighted by atomic mass is 32.2. The lowest BCUT2D eigenvalue weighted by atomic mass is 9.89. The molecule has 0 aromatic carbocycles. The van der Waals surface area contributed by atoms with Gasteiger partial charge in [0.2, 0.25) is 0 Å². The van der Waals surface area contributed by atoms with E-state index in [1.807, 2.05) is 6.08 Å². The van der Waals surface area contributed by atoms with Gasteiger partial charge in [0, 0.05) is 0 Å². The van der Waals surface area contributed by atoms with E-state index in [1.54, 1.807) is 0 Å². The number of amides is 2. The second kappa shape index (κ2) is 4.17. The summed E-state index contributed by atoms with van der Waals surface area (Å²) in [6, 6.07) is 0. The zero-order chi connectivity index (χ0) is 9.97. The van der Waals surface area contributed by atoms with E-state index in [2.05, 4.69) is 5.32 Å². The first-order valence-electron chi connectivity index (χ1n) is 5.01. The Bertz CT molecular complexity index is 292. The maximum atomic E-state index is 11.2. The van der Waals surface area contributed by atoms with Gasteiger partial charge in [-0.05, 0) is 30.5 Å². The normalized spacial score (nSPS) is 27.0. The molecular formula is C10H13NO2S. The Morgan fingerprint density at radius 1 is 1.21 bits per heavy atom. The Morgan fingerprint density at radius 3 is 2.50 bits per heavy atom. The summed E-state index contributed by atoms with van der Waals surface area (Å²) in [7, 11) is 0. The van der Waals surface area contributed by atoms with Gasteiger partial charge >= 0.3 is 0 Å². The molecule has 0 radical (unpaired) electrons. The number of hydrogen-bond acceptors (Lipinski definition) is 3. The number of rotatable bonds is 1. The van der Waals surface area contributed by atoms with Crippen LogP contribution < -0.4 is 5.32 Å². The highest BCUT2D eigenvalue weighted by Crippen LogP contribution is 2.30. The van der Waals surface area contributed by atoms with Crippen LogP contribution in [0, 0.1) is 5.92 Å². The molecule has 4 heteroatoms. The van der Waals surface area contributed by atoms with E-state index in [9.17, 15) is 9.59 Å². The topological polar surface area (TPSA) is 46.2 Å². The van der Waals surface area contributed by atoms with Crippen molar-refractivity contribution in [1.82, 2.24) is 5.32 Å². The van der Waals surface area contributed by atoms with Crippen molar-refractivity contribution in [1.29, 1.82) is 0 Å². The Labute approximate surface area is 87.3 Å². The van der Waals surface area contributed by atoms with Crippen molar-refractivity contribution >= 4 is 22.9 Å². The molecule has 1 N–H and O–H groups in total. The van der Waals surface area contributed by atoms with E-state index in [1.165, 1.54) is 19.3 Å². The molecule has 0 spiro atoms. The third-order valence-corrected chi connectivity index (χ3v) is 3.51. The highest BCUT2D eigenvalue weighted by Gasteiger charge is 2.26. The van der Waals surface area contributed by atoms with Crippen LogP contribution in [0.5, 0.6) is 0 Å². The second-order valence-electron chi connectivity index (χ2n) is 3.77. The summed E-state index contributed by atoms with van der Waals surface area (Å²) >= 11 is 1.03. The van der Waals surface area contributed by atoms with Crippen molar-refractivity contribution in [2.24, 2.45) is 5.92 Å². The smallest absolute Gasteiger partial charge is 0.282 e. The SMILES string of the molecule is O=C1NC(=O)/C(=C/C2CCCCC2)S1. The maximum Gasteiger partial charge on any atom is 0.290 e. The molecule has 76 valence electrons. The van der Waals surface area contributed by atoms with Crippen LogP contribution in [0.2, 0.25) is 0 Å². The minimum Gasteiger partial charge on any atom is -0.282 e. The monoisotopic (exact) mass is 211 g/mol. The lowest BCUT2D eigenvalue weighted by molar-refractivity contribution is -0.115. The number of nitrogens with one attached hydrogen (secondary N) is 1. The number of carbonyl (C=O) groups is 2. The predicted octanol–water partition coefficient (Wildman–Crippen LogP) is 2.43. The molecule has 0 aromatic rings. The van der Waals surface area contributed by atoms with Gasteiger partial charge in [-0.3, -0.25) is 14.9 Å². The molecule has 2 fully saturated rings. The van der Waals surface area contributed by atoms with E-state index < -0.39 is 0 Å². The minimum atomic E-state index is -0.239. The van der Waals surface area contributed by atoms with Crippen molar-refractivity contribution in [2.45, 2.75) is 32.1 Å². The van der Waals surface area contributed by atoms with Crippen LogP contribution in [0.15, 0.2) is 11.0 Å². The van der Waals surface area contributed by atoms with Gasteiger partial charge in [-0.25, -0.2) is 0 Å². The fourth-order valence-corrected chi connectivity index (χ4v) is 2.70. The van der Waals surface area contributed by atoms with E-state index >= 15 is 0 Å². The molecule has 1 saturated carbocycles. The van der Waals surface area contributed by atoms with Gasteiger partial charge in [-0.15, -0.1) is 0 Å². The van der Waals surface area contributed by atoms with Crippen LogP contribution in [0.1, 0.15) is 32.1 Å². The van der Waals surface area contributed by atoms with Crippen molar-refractivity contribution < 1.29 is 9.59 Å². The number of allylic oxidation sites excluding steroid dienone is 1. The number of imide groups is 1. The average Bonchev–Trinajstić information content (AvgIpc) is 2.47. The van der Waals surface area contributed by atoms with Crippen LogP contribution in [-0.2, 0) is 4.79 Å². The molecular weight excluding hydrogens is 198 g/mol. The van der Waals surface area contributed by atoms with Crippen molar-refractivity contribution in [3.63, 3.8) is 0 Å². The summed E-state index contributed by atoms with van der Waals surface area (Å²) < 4.78 is 0. The first kappa shape index (κ1) is 9.77. The van der Waals surface area contributed by atoms with Gasteiger partial charge in [0.05, 0.1) is 4.91 Å². The third-order valence-electron chi connectivity index (χ3n) is 2.68. The number of thioether (sulfide) groups is 1. The summed E-state index contributed by atoms with van der Waals surface area (Å²) in [4.78, 5) is 22.7. The van der Waals surface area contributed by atoms with Crippen LogP contribution >= 0.6 is 11.8 Å². The van der Waals surface area contributed by atoms with Crippen LogP contribution in [0.25, 0.3) is 0 Å². The van der Waals surface area contributed by atoms with Gasteiger partial charge < -0.3 is 0 Å². The van der Waals surface area contributed by atoms with Crippen LogP contribution in [-0.4, -0.2) is 11.1 Å². The quantitative estimate of drug-likeness (QED) is 0.677. The number of carbonyl (C=O) groups excluding carboxylic acids is 2. The van der Waals surface area contributed by atoms with Gasteiger partial charge in [0.15, 0.2) is 0 Å². The van der Waals surface area contributed by atoms with Crippen molar-refractivity contribution in [2.75, 3.05) is 0 Å². The molecule has 1 heterocycles. The van der Waals surface area contributed by atoms with Crippen molar-refractivity contribution in [3.8, 4) is 0 Å². The molecule has 2 rings (SSSR count).